The molecule has 0 aromatic heterocycles. The van der Waals surface area contributed by atoms with Gasteiger partial charge in [0, 0.05) is 12.0 Å². The van der Waals surface area contributed by atoms with Gasteiger partial charge >= 0.3 is 0 Å². The molecule has 4 rings (SSSR count). The van der Waals surface area contributed by atoms with E-state index in [1.165, 1.54) is 0 Å². The molecule has 3 aromatic carbocycles. The number of benzene rings is 3. The number of nitrogens with zero attached hydrogens (tertiary/aromatic N) is 1. The van der Waals surface area contributed by atoms with Gasteiger partial charge in [0.1, 0.15) is 11.5 Å². The van der Waals surface area contributed by atoms with Gasteiger partial charge in [-0.1, -0.05) is 30.3 Å². The van der Waals surface area contributed by atoms with Gasteiger partial charge in [-0.3, -0.25) is 0 Å². The van der Waals surface area contributed by atoms with Gasteiger partial charge < -0.3 is 24.7 Å². The van der Waals surface area contributed by atoms with E-state index in [9.17, 15) is 5.11 Å². The molecule has 3 aromatic rings. The van der Waals surface area contributed by atoms with Gasteiger partial charge in [0.25, 0.3) is 0 Å². The van der Waals surface area contributed by atoms with E-state index in [1.807, 2.05) is 30.3 Å². The molecule has 1 heterocycles. The maximum Gasteiger partial charge on any atom is 0.166 e. The van der Waals surface area contributed by atoms with Crippen molar-refractivity contribution in [3.63, 3.8) is 0 Å². The molecule has 0 radical (unpaired) electrons. The summed E-state index contributed by atoms with van der Waals surface area (Å²) in [5.74, 6) is 2.08. The van der Waals surface area contributed by atoms with Crippen LogP contribution < -0.4 is 19.6 Å². The number of rotatable bonds is 5. The Bertz CT molecular complexity index is 1060. The lowest BCUT2D eigenvalue weighted by atomic mass is 9.93. The first kappa shape index (κ1) is 18.0. The summed E-state index contributed by atoms with van der Waals surface area (Å²) < 4.78 is 16.7. The van der Waals surface area contributed by atoms with Gasteiger partial charge in [-0.15, -0.1) is 0 Å². The topological polar surface area (TPSA) is 72.3 Å². The molecule has 1 aliphatic heterocycles. The number of aromatic hydroxyl groups is 1. The Morgan fingerprint density at radius 3 is 2.50 bits per heavy atom. The zero-order chi connectivity index (χ0) is 19.7. The van der Waals surface area contributed by atoms with Gasteiger partial charge in [0.2, 0.25) is 0 Å². The third-order valence-corrected chi connectivity index (χ3v) is 5.04. The predicted molar refractivity (Wildman–Crippen MR) is 109 cm³/mol. The van der Waals surface area contributed by atoms with Crippen molar-refractivity contribution in [2.24, 2.45) is 5.10 Å². The predicted octanol–water partition coefficient (Wildman–Crippen LogP) is 4.01. The molecule has 0 amide bonds. The van der Waals surface area contributed by atoms with E-state index in [-0.39, 0.29) is 11.8 Å². The summed E-state index contributed by atoms with van der Waals surface area (Å²) in [6.07, 6.45) is 0.571. The standard InChI is InChI=1S/C22H22N2O4/c1-26-18-10-6-9-17(25)21(18)16-12-15(23-24-16)20-14-8-5-4-7-13(14)11-19(27-2)22(20)28-3/h4-11,15,23,25H,12H2,1-3H3. The van der Waals surface area contributed by atoms with Gasteiger partial charge in [-0.05, 0) is 29.0 Å². The summed E-state index contributed by atoms with van der Waals surface area (Å²) in [6, 6.07) is 15.1. The van der Waals surface area contributed by atoms with Gasteiger partial charge in [-0.2, -0.15) is 5.10 Å². The van der Waals surface area contributed by atoms with Crippen molar-refractivity contribution in [2.75, 3.05) is 21.3 Å². The Balaban J connectivity index is 1.80. The lowest BCUT2D eigenvalue weighted by Crippen LogP contribution is -2.13. The number of hydrogen-bond acceptors (Lipinski definition) is 6. The van der Waals surface area contributed by atoms with Crippen LogP contribution in [-0.2, 0) is 0 Å². The van der Waals surface area contributed by atoms with Crippen molar-refractivity contribution in [1.29, 1.82) is 0 Å². The fourth-order valence-electron chi connectivity index (χ4n) is 3.78. The molecule has 2 N–H and O–H groups in total. The van der Waals surface area contributed by atoms with Crippen molar-refractivity contribution in [2.45, 2.75) is 12.5 Å². The molecule has 28 heavy (non-hydrogen) atoms. The van der Waals surface area contributed by atoms with Crippen molar-refractivity contribution in [3.05, 3.63) is 59.7 Å². The Kier molecular flexibility index (Phi) is 4.69. The molecule has 1 atom stereocenters. The van der Waals surface area contributed by atoms with Crippen LogP contribution in [0.4, 0.5) is 0 Å². The average molecular weight is 378 g/mol. The van der Waals surface area contributed by atoms with Crippen molar-refractivity contribution >= 4 is 16.5 Å². The number of methoxy groups -OCH3 is 3. The van der Waals surface area contributed by atoms with E-state index in [0.29, 0.717) is 29.2 Å². The first-order valence-corrected chi connectivity index (χ1v) is 9.00. The van der Waals surface area contributed by atoms with Crippen molar-refractivity contribution in [3.8, 4) is 23.0 Å². The minimum atomic E-state index is -0.130. The highest BCUT2D eigenvalue weighted by molar-refractivity contribution is 6.06. The lowest BCUT2D eigenvalue weighted by molar-refractivity contribution is 0.349. The SMILES string of the molecule is COc1cc2ccccc2c(C2CC(c3c(O)cccc3OC)=NN2)c1OC. The Morgan fingerprint density at radius 1 is 0.964 bits per heavy atom. The number of hydrogen-bond donors (Lipinski definition) is 2. The quantitative estimate of drug-likeness (QED) is 0.702. The van der Waals surface area contributed by atoms with Crippen LogP contribution in [0.2, 0.25) is 0 Å². The highest BCUT2D eigenvalue weighted by Crippen LogP contribution is 2.44. The molecule has 6 nitrogen and oxygen atoms in total. The minimum absolute atomic E-state index is 0.130. The van der Waals surface area contributed by atoms with E-state index < -0.39 is 0 Å². The van der Waals surface area contributed by atoms with E-state index in [4.69, 9.17) is 14.2 Å². The summed E-state index contributed by atoms with van der Waals surface area (Å²) >= 11 is 0. The molecule has 0 saturated carbocycles. The monoisotopic (exact) mass is 378 g/mol. The third kappa shape index (κ3) is 2.87. The first-order chi connectivity index (χ1) is 13.7. The summed E-state index contributed by atoms with van der Waals surface area (Å²) in [7, 11) is 4.85. The first-order valence-electron chi connectivity index (χ1n) is 9.00. The normalized spacial score (nSPS) is 15.8. The van der Waals surface area contributed by atoms with Crippen LogP contribution >= 0.6 is 0 Å². The smallest absolute Gasteiger partial charge is 0.166 e. The van der Waals surface area contributed by atoms with Crippen LogP contribution in [0.15, 0.2) is 53.6 Å². The fraction of sp³-hybridized carbons (Fsp3) is 0.227. The largest absolute Gasteiger partial charge is 0.507 e. The summed E-state index contributed by atoms with van der Waals surface area (Å²) in [4.78, 5) is 0. The number of phenolic OH excluding ortho intramolecular Hbond substituents is 1. The van der Waals surface area contributed by atoms with Crippen LogP contribution in [-0.4, -0.2) is 32.1 Å². The molecule has 0 bridgehead atoms. The summed E-state index contributed by atoms with van der Waals surface area (Å²) in [6.45, 7) is 0. The highest BCUT2D eigenvalue weighted by atomic mass is 16.5. The van der Waals surface area contributed by atoms with Crippen molar-refractivity contribution < 1.29 is 19.3 Å². The molecule has 1 aliphatic rings. The number of nitrogens with one attached hydrogen (secondary N) is 1. The van der Waals surface area contributed by atoms with Crippen LogP contribution in [0.25, 0.3) is 10.8 Å². The van der Waals surface area contributed by atoms with Crippen LogP contribution in [0.1, 0.15) is 23.6 Å². The van der Waals surface area contributed by atoms with Crippen LogP contribution in [0.5, 0.6) is 23.0 Å². The second-order valence-corrected chi connectivity index (χ2v) is 6.55. The van der Waals surface area contributed by atoms with Gasteiger partial charge in [0.05, 0.1) is 38.6 Å². The molecule has 0 fully saturated rings. The fourth-order valence-corrected chi connectivity index (χ4v) is 3.78. The third-order valence-electron chi connectivity index (χ3n) is 5.04. The van der Waals surface area contributed by atoms with Gasteiger partial charge in [0.15, 0.2) is 11.5 Å². The van der Waals surface area contributed by atoms with Crippen molar-refractivity contribution in [1.82, 2.24) is 5.43 Å². The van der Waals surface area contributed by atoms with Crippen LogP contribution in [0.3, 0.4) is 0 Å². The number of phenols is 1. The van der Waals surface area contributed by atoms with E-state index in [2.05, 4.69) is 16.6 Å². The molecule has 6 heteroatoms. The lowest BCUT2D eigenvalue weighted by Gasteiger charge is -2.20. The maximum atomic E-state index is 10.4. The number of ether oxygens (including phenoxy) is 3. The number of hydrazone groups is 1. The van der Waals surface area contributed by atoms with E-state index >= 15 is 0 Å². The van der Waals surface area contributed by atoms with Crippen LogP contribution in [0, 0.1) is 0 Å². The zero-order valence-electron chi connectivity index (χ0n) is 16.0. The Morgan fingerprint density at radius 2 is 1.75 bits per heavy atom. The van der Waals surface area contributed by atoms with Gasteiger partial charge in [-0.25, -0.2) is 0 Å². The summed E-state index contributed by atoms with van der Waals surface area (Å²) in [5.41, 5.74) is 5.51. The molecule has 0 spiro atoms. The minimum Gasteiger partial charge on any atom is -0.507 e. The zero-order valence-corrected chi connectivity index (χ0v) is 16.0. The molecule has 144 valence electrons. The van der Waals surface area contributed by atoms with E-state index in [1.54, 1.807) is 33.5 Å². The molecular weight excluding hydrogens is 356 g/mol. The molecule has 0 saturated heterocycles. The molecular formula is C22H22N2O4. The van der Waals surface area contributed by atoms with E-state index in [0.717, 1.165) is 22.0 Å². The maximum absolute atomic E-state index is 10.4. The summed E-state index contributed by atoms with van der Waals surface area (Å²) in [5, 5.41) is 17.0. The Hall–Kier alpha value is -3.41. The highest BCUT2D eigenvalue weighted by Gasteiger charge is 2.30. The average Bonchev–Trinajstić information content (AvgIpc) is 3.20. The Labute approximate surface area is 163 Å². The second kappa shape index (κ2) is 7.31. The molecule has 0 aliphatic carbocycles. The molecule has 1 unspecified atom stereocenters. The second-order valence-electron chi connectivity index (χ2n) is 6.55. The number of fused-ring (bicyclic) bond motifs is 1.